The van der Waals surface area contributed by atoms with Gasteiger partial charge in [0, 0.05) is 0 Å². The Bertz CT molecular complexity index is 849. The fourth-order valence-corrected chi connectivity index (χ4v) is 2.97. The van der Waals surface area contributed by atoms with Crippen LogP contribution in [-0.4, -0.2) is 29.5 Å². The summed E-state index contributed by atoms with van der Waals surface area (Å²) in [5.74, 6) is 2.09. The molecule has 26 heavy (non-hydrogen) atoms. The molecule has 140 valence electrons. The van der Waals surface area contributed by atoms with Crippen molar-refractivity contribution in [3.05, 3.63) is 48.5 Å². The molecule has 1 atom stereocenters. The van der Waals surface area contributed by atoms with Crippen LogP contribution in [0.2, 0.25) is 0 Å². The van der Waals surface area contributed by atoms with Gasteiger partial charge in [0.1, 0.15) is 41.8 Å². The van der Waals surface area contributed by atoms with E-state index in [9.17, 15) is 5.11 Å². The number of nitrogen functional groups attached to an aromatic ring is 1. The second kappa shape index (κ2) is 8.78. The summed E-state index contributed by atoms with van der Waals surface area (Å²) in [6.07, 6.45) is -0.675. The molecule has 0 saturated heterocycles. The second-order valence-electron chi connectivity index (χ2n) is 5.84. The molecule has 1 heterocycles. The van der Waals surface area contributed by atoms with E-state index in [1.54, 1.807) is 7.11 Å². The number of rotatable bonds is 7. The number of fused-ring (bicyclic) bond motifs is 1. The maximum atomic E-state index is 10.4. The highest BCUT2D eigenvalue weighted by Gasteiger charge is 2.22. The number of anilines is 1. The van der Waals surface area contributed by atoms with Gasteiger partial charge in [0.15, 0.2) is 0 Å². The first-order valence-electron chi connectivity index (χ1n) is 8.35. The highest BCUT2D eigenvalue weighted by molar-refractivity contribution is 5.73. The molecule has 1 unspecified atom stereocenters. The first-order chi connectivity index (χ1) is 12.1. The van der Waals surface area contributed by atoms with E-state index in [1.165, 1.54) is 0 Å². The number of nitrogens with two attached hydrogens (primary N) is 1. The Morgan fingerprint density at radius 2 is 1.77 bits per heavy atom. The van der Waals surface area contributed by atoms with Crippen LogP contribution < -0.4 is 32.2 Å². The fourth-order valence-electron chi connectivity index (χ4n) is 2.97. The quantitative estimate of drug-likeness (QED) is 0.517. The number of aryl methyl sites for hydroxylation is 1. The van der Waals surface area contributed by atoms with E-state index in [0.29, 0.717) is 18.2 Å². The topological polar surface area (TPSA) is 73.5 Å². The number of benzene rings is 2. The van der Waals surface area contributed by atoms with Crippen molar-refractivity contribution >= 4 is 17.0 Å². The van der Waals surface area contributed by atoms with Crippen molar-refractivity contribution in [2.75, 3.05) is 19.5 Å². The standard InChI is InChI=1S/C19H23N3O3.ClH/c1-3-21-17-6-4-5-7-18(17)22(19(21)20)12-14(23)13-25-16-10-8-15(24-2)9-11-16;/h4-11,14,20,23H,3,12-13H2,1-2H3;1H. The molecule has 0 radical (unpaired) electrons. The van der Waals surface area contributed by atoms with E-state index in [0.717, 1.165) is 23.3 Å². The zero-order valence-corrected chi connectivity index (χ0v) is 15.7. The smallest absolute Gasteiger partial charge is 0.356 e. The number of hydrogen-bond donors (Lipinski definition) is 2. The van der Waals surface area contributed by atoms with Gasteiger partial charge in [-0.1, -0.05) is 12.1 Å². The van der Waals surface area contributed by atoms with Crippen molar-refractivity contribution in [2.45, 2.75) is 26.1 Å². The van der Waals surface area contributed by atoms with Gasteiger partial charge in [-0.3, -0.25) is 5.73 Å². The van der Waals surface area contributed by atoms with Crippen molar-refractivity contribution in [3.63, 3.8) is 0 Å². The van der Waals surface area contributed by atoms with Crippen LogP contribution in [-0.2, 0) is 13.1 Å². The Morgan fingerprint density at radius 3 is 2.42 bits per heavy atom. The molecule has 0 fully saturated rings. The summed E-state index contributed by atoms with van der Waals surface area (Å²) in [4.78, 5) is 0. The van der Waals surface area contributed by atoms with E-state index in [2.05, 4.69) is 6.92 Å². The summed E-state index contributed by atoms with van der Waals surface area (Å²) in [5, 5.41) is 10.4. The first kappa shape index (κ1) is 19.9. The predicted molar refractivity (Wildman–Crippen MR) is 96.7 cm³/mol. The average Bonchev–Trinajstić information content (AvgIpc) is 2.91. The van der Waals surface area contributed by atoms with Crippen LogP contribution >= 0.6 is 0 Å². The van der Waals surface area contributed by atoms with E-state index < -0.39 is 6.10 Å². The molecule has 6 nitrogen and oxygen atoms in total. The molecule has 0 saturated carbocycles. The molecular weight excluding hydrogens is 354 g/mol. The van der Waals surface area contributed by atoms with Gasteiger partial charge in [0.25, 0.3) is 0 Å². The summed E-state index contributed by atoms with van der Waals surface area (Å²) in [7, 11) is 1.62. The summed E-state index contributed by atoms with van der Waals surface area (Å²) >= 11 is 0. The van der Waals surface area contributed by atoms with Crippen LogP contribution in [0.25, 0.3) is 11.0 Å². The maximum absolute atomic E-state index is 10.4. The SMILES string of the molecule is CCn1c(N)[n+](CC(O)COc2ccc(OC)cc2)c2ccccc21.[Cl-]. The van der Waals surface area contributed by atoms with Crippen molar-refractivity contribution in [2.24, 2.45) is 0 Å². The van der Waals surface area contributed by atoms with Gasteiger partial charge < -0.3 is 27.0 Å². The summed E-state index contributed by atoms with van der Waals surface area (Å²) in [6, 6.07) is 15.3. The lowest BCUT2D eigenvalue weighted by Gasteiger charge is -2.12. The Kier molecular flexibility index (Phi) is 6.71. The molecule has 1 aromatic heterocycles. The van der Waals surface area contributed by atoms with Crippen LogP contribution in [0.1, 0.15) is 6.92 Å². The van der Waals surface area contributed by atoms with Crippen LogP contribution in [0.5, 0.6) is 11.5 Å². The third-order valence-electron chi connectivity index (χ3n) is 4.23. The average molecular weight is 378 g/mol. The minimum absolute atomic E-state index is 0. The van der Waals surface area contributed by atoms with Crippen molar-refractivity contribution in [1.29, 1.82) is 0 Å². The lowest BCUT2D eigenvalue weighted by Crippen LogP contribution is -3.00. The third kappa shape index (κ3) is 4.03. The molecular formula is C19H24ClN3O3. The number of aliphatic hydroxyl groups is 1. The van der Waals surface area contributed by atoms with Crippen LogP contribution in [0.15, 0.2) is 48.5 Å². The highest BCUT2D eigenvalue weighted by atomic mass is 35.5. The second-order valence-corrected chi connectivity index (χ2v) is 5.84. The predicted octanol–water partition coefficient (Wildman–Crippen LogP) is -1.02. The number of aromatic nitrogens is 2. The summed E-state index contributed by atoms with van der Waals surface area (Å²) < 4.78 is 14.7. The molecule has 3 N–H and O–H groups in total. The van der Waals surface area contributed by atoms with Crippen molar-refractivity contribution < 1.29 is 31.6 Å². The lowest BCUT2D eigenvalue weighted by atomic mass is 10.3. The zero-order valence-electron chi connectivity index (χ0n) is 14.9. The number of halogens is 1. The molecule has 0 amide bonds. The Morgan fingerprint density at radius 1 is 1.12 bits per heavy atom. The van der Waals surface area contributed by atoms with Crippen LogP contribution in [0.3, 0.4) is 0 Å². The van der Waals surface area contributed by atoms with Crippen molar-refractivity contribution in [3.8, 4) is 11.5 Å². The lowest BCUT2D eigenvalue weighted by molar-refractivity contribution is -0.665. The van der Waals surface area contributed by atoms with E-state index in [-0.39, 0.29) is 19.0 Å². The van der Waals surface area contributed by atoms with Gasteiger partial charge in [-0.2, -0.15) is 0 Å². The van der Waals surface area contributed by atoms with E-state index in [1.807, 2.05) is 57.7 Å². The number of imidazole rings is 1. The number of aliphatic hydroxyl groups excluding tert-OH is 1. The number of hydrogen-bond acceptors (Lipinski definition) is 4. The molecule has 7 heteroatoms. The molecule has 0 spiro atoms. The number of methoxy groups -OCH3 is 1. The van der Waals surface area contributed by atoms with Crippen molar-refractivity contribution in [1.82, 2.24) is 4.57 Å². The van der Waals surface area contributed by atoms with Gasteiger partial charge in [-0.05, 0) is 43.3 Å². The minimum atomic E-state index is -0.675. The molecule has 2 aromatic carbocycles. The Hall–Kier alpha value is -2.44. The molecule has 3 rings (SSSR count). The third-order valence-corrected chi connectivity index (χ3v) is 4.23. The van der Waals surface area contributed by atoms with Gasteiger partial charge in [-0.15, -0.1) is 0 Å². The number of ether oxygens (including phenoxy) is 2. The molecule has 0 aliphatic carbocycles. The summed E-state index contributed by atoms with van der Waals surface area (Å²) in [5.41, 5.74) is 8.34. The monoisotopic (exact) mass is 377 g/mol. The van der Waals surface area contributed by atoms with Crippen LogP contribution in [0, 0.1) is 0 Å². The molecule has 3 aromatic rings. The Balaban J connectivity index is 0.00000243. The fraction of sp³-hybridized carbons (Fsp3) is 0.316. The van der Waals surface area contributed by atoms with E-state index in [4.69, 9.17) is 15.2 Å². The molecule has 0 aliphatic heterocycles. The zero-order chi connectivity index (χ0) is 17.8. The molecule has 0 aliphatic rings. The summed E-state index contributed by atoms with van der Waals surface area (Å²) in [6.45, 7) is 3.38. The molecule has 0 bridgehead atoms. The minimum Gasteiger partial charge on any atom is -1.00 e. The number of para-hydroxylation sites is 2. The first-order valence-corrected chi connectivity index (χ1v) is 8.35. The highest BCUT2D eigenvalue weighted by Crippen LogP contribution is 2.18. The maximum Gasteiger partial charge on any atom is 0.356 e. The van der Waals surface area contributed by atoms with Crippen LogP contribution in [0.4, 0.5) is 5.95 Å². The normalized spacial score (nSPS) is 11.8. The largest absolute Gasteiger partial charge is 1.00 e. The van der Waals surface area contributed by atoms with Gasteiger partial charge in [0.2, 0.25) is 0 Å². The Labute approximate surface area is 159 Å². The van der Waals surface area contributed by atoms with E-state index >= 15 is 0 Å². The van der Waals surface area contributed by atoms with Gasteiger partial charge in [0.05, 0.1) is 13.7 Å². The number of nitrogens with zero attached hydrogens (tertiary/aromatic N) is 2. The van der Waals surface area contributed by atoms with Gasteiger partial charge in [-0.25, -0.2) is 9.13 Å². The van der Waals surface area contributed by atoms with Gasteiger partial charge >= 0.3 is 5.95 Å².